The molecule has 3 rings (SSSR count). The van der Waals surface area contributed by atoms with Crippen LogP contribution in [0.25, 0.3) is 11.1 Å². The summed E-state index contributed by atoms with van der Waals surface area (Å²) in [6.45, 7) is 4.37. The third-order valence-electron chi connectivity index (χ3n) is 3.59. The molecule has 1 N–H and O–H groups in total. The fourth-order valence-corrected chi connectivity index (χ4v) is 3.23. The lowest BCUT2D eigenvalue weighted by Gasteiger charge is -2.11. The van der Waals surface area contributed by atoms with E-state index >= 15 is 0 Å². The van der Waals surface area contributed by atoms with Crippen molar-refractivity contribution >= 4 is 17.0 Å². The predicted octanol–water partition coefficient (Wildman–Crippen LogP) is 3.91. The van der Waals surface area contributed by atoms with Crippen LogP contribution in [0.1, 0.15) is 21.2 Å². The zero-order valence-electron chi connectivity index (χ0n) is 13.6. The van der Waals surface area contributed by atoms with Crippen LogP contribution >= 0.6 is 11.3 Å². The third-order valence-corrected chi connectivity index (χ3v) is 4.58. The van der Waals surface area contributed by atoms with Gasteiger partial charge in [0.1, 0.15) is 16.7 Å². The Labute approximate surface area is 143 Å². The minimum Gasteiger partial charge on any atom is -0.480 e. The summed E-state index contributed by atoms with van der Waals surface area (Å²) in [5.41, 5.74) is 3.46. The molecule has 3 aromatic heterocycles. The topological polar surface area (TPSA) is 84.0 Å². The lowest BCUT2D eigenvalue weighted by molar-refractivity contribution is 0.393. The second-order valence-electron chi connectivity index (χ2n) is 5.21. The Morgan fingerprint density at radius 3 is 2.83 bits per heavy atom. The zero-order valence-corrected chi connectivity index (χ0v) is 14.4. The van der Waals surface area contributed by atoms with Gasteiger partial charge in [0.2, 0.25) is 5.88 Å². The smallest absolute Gasteiger partial charge is 0.237 e. The Morgan fingerprint density at radius 1 is 1.38 bits per heavy atom. The number of pyridine rings is 1. The van der Waals surface area contributed by atoms with E-state index in [-0.39, 0.29) is 0 Å². The first-order valence-electron chi connectivity index (χ1n) is 7.32. The lowest BCUT2D eigenvalue weighted by atomic mass is 10.1. The molecule has 3 heterocycles. The Hall–Kier alpha value is -2.85. The van der Waals surface area contributed by atoms with E-state index in [1.54, 1.807) is 13.3 Å². The predicted molar refractivity (Wildman–Crippen MR) is 92.1 cm³/mol. The molecule has 0 spiro atoms. The number of hydrogen-bond donors (Lipinski definition) is 1. The summed E-state index contributed by atoms with van der Waals surface area (Å²) >= 11 is 1.46. The molecular formula is C17H16N4O2S. The molecule has 0 saturated carbocycles. The molecule has 0 aliphatic heterocycles. The number of nitriles is 1. The van der Waals surface area contributed by atoms with Crippen LogP contribution in [0.15, 0.2) is 28.9 Å². The van der Waals surface area contributed by atoms with Gasteiger partial charge in [0.25, 0.3) is 0 Å². The molecule has 0 bridgehead atoms. The number of nitrogens with zero attached hydrogens (tertiary/aromatic N) is 3. The maximum atomic E-state index is 8.91. The van der Waals surface area contributed by atoms with Crippen molar-refractivity contribution in [3.63, 3.8) is 0 Å². The van der Waals surface area contributed by atoms with Crippen LogP contribution in [-0.2, 0) is 6.54 Å². The summed E-state index contributed by atoms with van der Waals surface area (Å²) < 4.78 is 10.6. The summed E-state index contributed by atoms with van der Waals surface area (Å²) in [6.07, 6.45) is 1.75. The second kappa shape index (κ2) is 6.72. The van der Waals surface area contributed by atoms with Gasteiger partial charge in [-0.15, -0.1) is 11.3 Å². The van der Waals surface area contributed by atoms with Crippen molar-refractivity contribution in [3.8, 4) is 23.1 Å². The third kappa shape index (κ3) is 3.09. The van der Waals surface area contributed by atoms with Crippen molar-refractivity contribution in [1.29, 1.82) is 5.26 Å². The van der Waals surface area contributed by atoms with E-state index in [0.29, 0.717) is 17.3 Å². The molecular weight excluding hydrogens is 324 g/mol. The molecule has 6 nitrogen and oxygen atoms in total. The molecule has 0 aromatic carbocycles. The van der Waals surface area contributed by atoms with Gasteiger partial charge in [0.05, 0.1) is 18.5 Å². The molecule has 0 saturated heterocycles. The Bertz CT molecular complexity index is 888. The number of rotatable bonds is 5. The first-order valence-corrected chi connectivity index (χ1v) is 8.14. The lowest BCUT2D eigenvalue weighted by Crippen LogP contribution is -2.02. The summed E-state index contributed by atoms with van der Waals surface area (Å²) in [7, 11) is 1.59. The van der Waals surface area contributed by atoms with Gasteiger partial charge in [-0.25, -0.2) is 4.98 Å². The van der Waals surface area contributed by atoms with E-state index < -0.39 is 0 Å². The Balaban J connectivity index is 1.88. The highest BCUT2D eigenvalue weighted by atomic mass is 32.1. The standard InChI is InChI=1S/C17H16N4O2S/c1-10-16(11(2)23-21-10)12-6-15(17(22-3)20-8-12)19-9-14-5-4-13(7-18)24-14/h4-6,8,19H,9H2,1-3H3. The fourth-order valence-electron chi connectivity index (χ4n) is 2.49. The summed E-state index contributed by atoms with van der Waals surface area (Å²) in [6, 6.07) is 7.87. The quantitative estimate of drug-likeness (QED) is 0.758. The van der Waals surface area contributed by atoms with Gasteiger partial charge in [-0.3, -0.25) is 0 Å². The van der Waals surface area contributed by atoms with Gasteiger partial charge in [-0.05, 0) is 32.0 Å². The number of aryl methyl sites for hydroxylation is 2. The van der Waals surface area contributed by atoms with Crippen LogP contribution in [0.2, 0.25) is 0 Å². The number of anilines is 1. The SMILES string of the molecule is COc1ncc(-c2c(C)noc2C)cc1NCc1ccc(C#N)s1. The molecule has 0 fully saturated rings. The Morgan fingerprint density at radius 2 is 2.21 bits per heavy atom. The summed E-state index contributed by atoms with van der Waals surface area (Å²) in [5, 5.41) is 16.2. The maximum absolute atomic E-state index is 8.91. The van der Waals surface area contributed by atoms with Gasteiger partial charge in [0.15, 0.2) is 0 Å². The average molecular weight is 340 g/mol. The summed E-state index contributed by atoms with van der Waals surface area (Å²) in [4.78, 5) is 6.13. The molecule has 0 unspecified atom stereocenters. The van der Waals surface area contributed by atoms with E-state index in [4.69, 9.17) is 14.5 Å². The zero-order chi connectivity index (χ0) is 17.1. The highest BCUT2D eigenvalue weighted by Gasteiger charge is 2.15. The van der Waals surface area contributed by atoms with Crippen molar-refractivity contribution in [1.82, 2.24) is 10.1 Å². The second-order valence-corrected chi connectivity index (χ2v) is 6.38. The van der Waals surface area contributed by atoms with Crippen molar-refractivity contribution in [2.75, 3.05) is 12.4 Å². The van der Waals surface area contributed by atoms with E-state index in [2.05, 4.69) is 21.5 Å². The molecule has 3 aromatic rings. The van der Waals surface area contributed by atoms with Gasteiger partial charge in [0, 0.05) is 28.7 Å². The number of ether oxygens (including phenoxy) is 1. The van der Waals surface area contributed by atoms with Crippen LogP contribution in [0.4, 0.5) is 5.69 Å². The van der Waals surface area contributed by atoms with Gasteiger partial charge < -0.3 is 14.6 Å². The molecule has 0 aliphatic rings. The fraction of sp³-hybridized carbons (Fsp3) is 0.235. The number of hydrogen-bond acceptors (Lipinski definition) is 7. The minimum absolute atomic E-state index is 0.516. The highest BCUT2D eigenvalue weighted by molar-refractivity contribution is 7.12. The number of aromatic nitrogens is 2. The number of methoxy groups -OCH3 is 1. The van der Waals surface area contributed by atoms with E-state index in [9.17, 15) is 0 Å². The van der Waals surface area contributed by atoms with E-state index in [0.717, 1.165) is 33.1 Å². The van der Waals surface area contributed by atoms with Crippen LogP contribution in [0, 0.1) is 25.2 Å². The maximum Gasteiger partial charge on any atom is 0.237 e. The highest BCUT2D eigenvalue weighted by Crippen LogP contribution is 2.32. The van der Waals surface area contributed by atoms with E-state index in [1.165, 1.54) is 11.3 Å². The minimum atomic E-state index is 0.516. The number of nitrogens with one attached hydrogen (secondary N) is 1. The largest absolute Gasteiger partial charge is 0.480 e. The van der Waals surface area contributed by atoms with E-state index in [1.807, 2.05) is 32.0 Å². The number of thiophene rings is 1. The first-order chi connectivity index (χ1) is 11.6. The van der Waals surface area contributed by atoms with Crippen LogP contribution in [0.5, 0.6) is 5.88 Å². The normalized spacial score (nSPS) is 10.4. The molecule has 122 valence electrons. The average Bonchev–Trinajstić information content (AvgIpc) is 3.19. The molecule has 24 heavy (non-hydrogen) atoms. The summed E-state index contributed by atoms with van der Waals surface area (Å²) in [5.74, 6) is 1.27. The molecule has 0 radical (unpaired) electrons. The van der Waals surface area contributed by atoms with Gasteiger partial charge in [-0.2, -0.15) is 5.26 Å². The first kappa shape index (κ1) is 16.0. The van der Waals surface area contributed by atoms with Crippen LogP contribution < -0.4 is 10.1 Å². The molecule has 0 aliphatic carbocycles. The van der Waals surface area contributed by atoms with Crippen molar-refractivity contribution < 1.29 is 9.26 Å². The van der Waals surface area contributed by atoms with Crippen LogP contribution in [0.3, 0.4) is 0 Å². The van der Waals surface area contributed by atoms with Gasteiger partial charge >= 0.3 is 0 Å². The van der Waals surface area contributed by atoms with Crippen LogP contribution in [-0.4, -0.2) is 17.3 Å². The van der Waals surface area contributed by atoms with Gasteiger partial charge in [-0.1, -0.05) is 5.16 Å². The molecule has 7 heteroatoms. The van der Waals surface area contributed by atoms with Crippen molar-refractivity contribution in [3.05, 3.63) is 45.6 Å². The molecule has 0 atom stereocenters. The van der Waals surface area contributed by atoms with Crippen molar-refractivity contribution in [2.45, 2.75) is 20.4 Å². The molecule has 0 amide bonds. The monoisotopic (exact) mass is 340 g/mol. The Kier molecular flexibility index (Phi) is 4.49. The van der Waals surface area contributed by atoms with Crippen molar-refractivity contribution in [2.24, 2.45) is 0 Å².